The fourth-order valence-electron chi connectivity index (χ4n) is 2.19. The lowest BCUT2D eigenvalue weighted by Gasteiger charge is -2.08. The maximum atomic E-state index is 11.9. The van der Waals surface area contributed by atoms with E-state index in [4.69, 9.17) is 30.2 Å². The molecule has 0 radical (unpaired) electrons. The van der Waals surface area contributed by atoms with Gasteiger partial charge in [-0.15, -0.1) is 10.2 Å². The number of benzene rings is 2. The summed E-state index contributed by atoms with van der Waals surface area (Å²) in [6.07, 6.45) is 0. The van der Waals surface area contributed by atoms with E-state index in [2.05, 4.69) is 21.0 Å². The lowest BCUT2D eigenvalue weighted by atomic mass is 10.3. The van der Waals surface area contributed by atoms with E-state index in [-0.39, 0.29) is 30.1 Å². The van der Waals surface area contributed by atoms with Gasteiger partial charge in [-0.1, -0.05) is 23.4 Å². The van der Waals surface area contributed by atoms with Crippen molar-refractivity contribution in [1.29, 1.82) is 0 Å². The highest BCUT2D eigenvalue weighted by atomic mass is 35.5. The van der Waals surface area contributed by atoms with Crippen LogP contribution in [0.5, 0.6) is 17.2 Å². The predicted molar refractivity (Wildman–Crippen MR) is 116 cm³/mol. The smallest absolute Gasteiger partial charge is 0.277 e. The summed E-state index contributed by atoms with van der Waals surface area (Å²) in [6, 6.07) is 13.6. The first-order valence-corrected chi connectivity index (χ1v) is 10.6. The van der Waals surface area contributed by atoms with E-state index < -0.39 is 11.8 Å². The molecule has 0 fully saturated rings. The zero-order valence-electron chi connectivity index (χ0n) is 16.9. The van der Waals surface area contributed by atoms with E-state index in [1.165, 1.54) is 0 Å². The average Bonchev–Trinajstić information content (AvgIpc) is 3.28. The third-order valence-electron chi connectivity index (χ3n) is 3.72. The lowest BCUT2D eigenvalue weighted by Crippen LogP contribution is -2.44. The van der Waals surface area contributed by atoms with Crippen LogP contribution in [-0.2, 0) is 16.2 Å². The number of hydrazine groups is 1. The molecule has 12 heteroatoms. The first kappa shape index (κ1) is 23.2. The van der Waals surface area contributed by atoms with E-state index >= 15 is 0 Å². The molecule has 168 valence electrons. The fourth-order valence-corrected chi connectivity index (χ4v) is 2.90. The van der Waals surface area contributed by atoms with Crippen LogP contribution in [0.4, 0.5) is 0 Å². The summed E-state index contributed by atoms with van der Waals surface area (Å²) in [5, 5.41) is 8.46. The highest BCUT2D eigenvalue weighted by Gasteiger charge is 2.11. The van der Waals surface area contributed by atoms with Crippen molar-refractivity contribution in [3.05, 3.63) is 59.4 Å². The second-order valence-electron chi connectivity index (χ2n) is 6.05. The summed E-state index contributed by atoms with van der Waals surface area (Å²) in [6.45, 7) is -0.188. The molecule has 3 rings (SSSR count). The summed E-state index contributed by atoms with van der Waals surface area (Å²) < 4.78 is 21.3. The molecule has 0 unspecified atom stereocenters. The second-order valence-corrected chi connectivity index (χ2v) is 7.42. The van der Waals surface area contributed by atoms with Crippen LogP contribution in [0.1, 0.15) is 5.89 Å². The van der Waals surface area contributed by atoms with Gasteiger partial charge in [0.15, 0.2) is 13.2 Å². The summed E-state index contributed by atoms with van der Waals surface area (Å²) >= 11 is 6.80. The molecule has 0 saturated carbocycles. The molecule has 32 heavy (non-hydrogen) atoms. The molecular formula is C20H19ClN4O6S. The van der Waals surface area contributed by atoms with Crippen LogP contribution in [0, 0.1) is 0 Å². The molecule has 1 heterocycles. The van der Waals surface area contributed by atoms with Crippen LogP contribution in [-0.4, -0.2) is 41.5 Å². The number of methoxy groups -OCH3 is 1. The summed E-state index contributed by atoms with van der Waals surface area (Å²) in [7, 11) is 1.58. The minimum Gasteiger partial charge on any atom is -0.497 e. The minimum atomic E-state index is -0.519. The van der Waals surface area contributed by atoms with Gasteiger partial charge in [0.1, 0.15) is 17.2 Å². The SMILES string of the molecule is COc1ccc(OCc2nnc(SCC(=O)NNC(=O)COc3ccc(Cl)cc3)o2)cc1. The third-order valence-corrected chi connectivity index (χ3v) is 4.79. The highest BCUT2D eigenvalue weighted by molar-refractivity contribution is 7.99. The van der Waals surface area contributed by atoms with Gasteiger partial charge in [-0.2, -0.15) is 0 Å². The van der Waals surface area contributed by atoms with Crippen molar-refractivity contribution in [2.45, 2.75) is 11.8 Å². The van der Waals surface area contributed by atoms with Crippen molar-refractivity contribution in [3.63, 3.8) is 0 Å². The molecule has 2 N–H and O–H groups in total. The Morgan fingerprint density at radius 1 is 0.938 bits per heavy atom. The maximum Gasteiger partial charge on any atom is 0.277 e. The summed E-state index contributed by atoms with van der Waals surface area (Å²) in [5.41, 5.74) is 4.53. The normalized spacial score (nSPS) is 10.3. The minimum absolute atomic E-state index is 0.0424. The highest BCUT2D eigenvalue weighted by Crippen LogP contribution is 2.20. The number of amides is 2. The predicted octanol–water partition coefficient (Wildman–Crippen LogP) is 2.63. The van der Waals surface area contributed by atoms with E-state index in [9.17, 15) is 9.59 Å². The third kappa shape index (κ3) is 7.67. The molecule has 0 bridgehead atoms. The number of hydrogen-bond donors (Lipinski definition) is 2. The number of hydrogen-bond acceptors (Lipinski definition) is 9. The maximum absolute atomic E-state index is 11.9. The Kier molecular flexibility index (Phi) is 8.58. The zero-order valence-corrected chi connectivity index (χ0v) is 18.4. The Labute approximate surface area is 192 Å². The Hall–Kier alpha value is -3.44. The molecule has 2 amide bonds. The molecule has 0 aliphatic rings. The first-order valence-electron chi connectivity index (χ1n) is 9.20. The zero-order chi connectivity index (χ0) is 22.8. The molecule has 0 aliphatic heterocycles. The number of halogens is 1. The van der Waals surface area contributed by atoms with Crippen LogP contribution in [0.25, 0.3) is 0 Å². The van der Waals surface area contributed by atoms with Crippen LogP contribution >= 0.6 is 23.4 Å². The monoisotopic (exact) mass is 478 g/mol. The standard InChI is InChI=1S/C20H19ClN4O6S/c1-28-14-6-8-16(9-7-14)30-11-19-24-25-20(31-19)32-12-18(27)23-22-17(26)10-29-15-4-2-13(21)3-5-15/h2-9H,10-12H2,1H3,(H,22,26)(H,23,27). The van der Waals surface area contributed by atoms with Crippen LogP contribution in [0.15, 0.2) is 58.2 Å². The summed E-state index contributed by atoms with van der Waals surface area (Å²) in [4.78, 5) is 23.6. The number of carbonyl (C=O) groups is 2. The molecule has 2 aromatic carbocycles. The Morgan fingerprint density at radius 3 is 2.28 bits per heavy atom. The van der Waals surface area contributed by atoms with Gasteiger partial charge in [-0.05, 0) is 48.5 Å². The van der Waals surface area contributed by atoms with E-state index in [0.717, 1.165) is 17.5 Å². The van der Waals surface area contributed by atoms with Crippen molar-refractivity contribution < 1.29 is 28.2 Å². The Bertz CT molecular complexity index is 1030. The van der Waals surface area contributed by atoms with E-state index in [0.29, 0.717) is 16.5 Å². The number of nitrogens with zero attached hydrogens (tertiary/aromatic N) is 2. The Balaban J connectivity index is 1.32. The molecule has 3 aromatic rings. The van der Waals surface area contributed by atoms with E-state index in [1.54, 1.807) is 55.6 Å². The molecule has 0 atom stereocenters. The number of thioether (sulfide) groups is 1. The molecule has 10 nitrogen and oxygen atoms in total. The van der Waals surface area contributed by atoms with Gasteiger partial charge in [-0.3, -0.25) is 20.4 Å². The van der Waals surface area contributed by atoms with Crippen molar-refractivity contribution in [2.75, 3.05) is 19.5 Å². The van der Waals surface area contributed by atoms with E-state index in [1.807, 2.05) is 0 Å². The second kappa shape index (κ2) is 11.8. The number of nitrogens with one attached hydrogen (secondary N) is 2. The van der Waals surface area contributed by atoms with Gasteiger partial charge in [-0.25, -0.2) is 0 Å². The number of aromatic nitrogens is 2. The van der Waals surface area contributed by atoms with Gasteiger partial charge in [0, 0.05) is 5.02 Å². The molecular weight excluding hydrogens is 460 g/mol. The van der Waals surface area contributed by atoms with Crippen LogP contribution in [0.2, 0.25) is 5.02 Å². The van der Waals surface area contributed by atoms with Gasteiger partial charge in [0.25, 0.3) is 17.0 Å². The quantitative estimate of drug-likeness (QED) is 0.334. The van der Waals surface area contributed by atoms with Gasteiger partial charge < -0.3 is 18.6 Å². The summed E-state index contributed by atoms with van der Waals surface area (Å²) in [5.74, 6) is 1.06. The number of ether oxygens (including phenoxy) is 3. The van der Waals surface area contributed by atoms with Crippen molar-refractivity contribution in [3.8, 4) is 17.2 Å². The van der Waals surface area contributed by atoms with Gasteiger partial charge in [0.2, 0.25) is 5.91 Å². The number of rotatable bonds is 10. The molecule has 0 spiro atoms. The fraction of sp³-hybridized carbons (Fsp3) is 0.200. The lowest BCUT2D eigenvalue weighted by molar-refractivity contribution is -0.128. The Morgan fingerprint density at radius 2 is 1.56 bits per heavy atom. The van der Waals surface area contributed by atoms with Gasteiger partial charge >= 0.3 is 0 Å². The molecule has 1 aromatic heterocycles. The molecule has 0 aliphatic carbocycles. The van der Waals surface area contributed by atoms with Crippen molar-refractivity contribution in [2.24, 2.45) is 0 Å². The average molecular weight is 479 g/mol. The van der Waals surface area contributed by atoms with Gasteiger partial charge in [0.05, 0.1) is 12.9 Å². The van der Waals surface area contributed by atoms with Crippen LogP contribution in [0.3, 0.4) is 0 Å². The largest absolute Gasteiger partial charge is 0.497 e. The molecule has 0 saturated heterocycles. The number of carbonyl (C=O) groups excluding carboxylic acids is 2. The topological polar surface area (TPSA) is 125 Å². The van der Waals surface area contributed by atoms with Crippen LogP contribution < -0.4 is 25.1 Å². The van der Waals surface area contributed by atoms with Crippen molar-refractivity contribution in [1.82, 2.24) is 21.0 Å². The first-order chi connectivity index (χ1) is 15.5. The van der Waals surface area contributed by atoms with Crippen molar-refractivity contribution >= 4 is 35.2 Å².